The highest BCUT2D eigenvalue weighted by Crippen LogP contribution is 2.57. The lowest BCUT2D eigenvalue weighted by Gasteiger charge is -2.46. The van der Waals surface area contributed by atoms with Crippen LogP contribution in [0.4, 0.5) is 0 Å². The van der Waals surface area contributed by atoms with Crippen LogP contribution in [0.15, 0.2) is 133 Å². The van der Waals surface area contributed by atoms with Crippen molar-refractivity contribution in [2.24, 2.45) is 0 Å². The second-order valence-corrected chi connectivity index (χ2v) is 14.5. The molecule has 0 amide bonds. The molecule has 3 heteroatoms. The van der Waals surface area contributed by atoms with Crippen molar-refractivity contribution in [1.29, 1.82) is 0 Å². The van der Waals surface area contributed by atoms with Crippen LogP contribution in [0.3, 0.4) is 0 Å². The van der Waals surface area contributed by atoms with Crippen LogP contribution >= 0.6 is 0 Å². The van der Waals surface area contributed by atoms with E-state index < -0.39 is 23.7 Å². The Labute approximate surface area is 279 Å². The summed E-state index contributed by atoms with van der Waals surface area (Å²) in [5.74, 6) is 0.0451. The van der Waals surface area contributed by atoms with Crippen LogP contribution < -0.4 is 5.46 Å². The van der Waals surface area contributed by atoms with Gasteiger partial charge in [0.15, 0.2) is 0 Å². The van der Waals surface area contributed by atoms with E-state index >= 15 is 0 Å². The summed E-state index contributed by atoms with van der Waals surface area (Å²) in [4.78, 5) is 0. The van der Waals surface area contributed by atoms with E-state index in [9.17, 15) is 0 Å². The fraction of sp³-hybridized carbons (Fsp3) is 0.227. The Bertz CT molecular complexity index is 2050. The number of benzene rings is 6. The number of fused-ring (bicyclic) bond motifs is 4. The van der Waals surface area contributed by atoms with Gasteiger partial charge in [-0.05, 0) is 96.7 Å². The molecule has 0 radical (unpaired) electrons. The number of rotatable bonds is 4. The maximum absolute atomic E-state index is 6.67. The lowest BCUT2D eigenvalue weighted by atomic mass is 9.55. The molecule has 232 valence electrons. The quantitative estimate of drug-likeness (QED) is 0.184. The number of hydrogen-bond acceptors (Lipinski definition) is 2. The summed E-state index contributed by atoms with van der Waals surface area (Å²) in [5, 5.41) is 2.55. The standard InChI is InChI=1S/C44H41BO2/c1-29-16-21-33(22-17-29)44(34-23-18-30(2)19-24-34)38-27-20-31-12-10-11-15-36(31)41(38)40(32-13-8-7-9-14-32)37-26-25-35(28-39(37)44)45-46-42(3,4)43(5,6)47-45/h7-28,40H,1-6H3. The van der Waals surface area contributed by atoms with E-state index in [0.717, 1.165) is 5.46 Å². The average Bonchev–Trinajstić information content (AvgIpc) is 3.30. The summed E-state index contributed by atoms with van der Waals surface area (Å²) in [5.41, 5.74) is 11.1. The molecule has 1 fully saturated rings. The molecule has 2 nitrogen and oxygen atoms in total. The minimum absolute atomic E-state index is 0.0451. The molecule has 1 saturated heterocycles. The molecule has 0 spiro atoms. The van der Waals surface area contributed by atoms with E-state index in [2.05, 4.69) is 175 Å². The monoisotopic (exact) mass is 612 g/mol. The van der Waals surface area contributed by atoms with Crippen molar-refractivity contribution >= 4 is 23.4 Å². The zero-order chi connectivity index (χ0) is 32.6. The van der Waals surface area contributed by atoms with Gasteiger partial charge in [0, 0.05) is 5.92 Å². The van der Waals surface area contributed by atoms with Gasteiger partial charge >= 0.3 is 7.12 Å². The third-order valence-corrected chi connectivity index (χ3v) is 11.1. The van der Waals surface area contributed by atoms with Crippen LogP contribution in [0.25, 0.3) is 10.8 Å². The van der Waals surface area contributed by atoms with Gasteiger partial charge < -0.3 is 9.31 Å². The Kier molecular flexibility index (Phi) is 6.88. The number of hydrogen-bond donors (Lipinski definition) is 0. The minimum atomic E-state index is -0.582. The van der Waals surface area contributed by atoms with E-state index in [4.69, 9.17) is 9.31 Å². The first-order valence-corrected chi connectivity index (χ1v) is 16.8. The second kappa shape index (κ2) is 10.8. The molecule has 2 aliphatic rings. The third kappa shape index (κ3) is 4.55. The van der Waals surface area contributed by atoms with E-state index in [0.29, 0.717) is 0 Å². The van der Waals surface area contributed by atoms with E-state index in [-0.39, 0.29) is 5.92 Å². The molecule has 8 rings (SSSR count). The maximum Gasteiger partial charge on any atom is 0.494 e. The van der Waals surface area contributed by atoms with Crippen LogP contribution in [-0.2, 0) is 14.7 Å². The van der Waals surface area contributed by atoms with Crippen molar-refractivity contribution in [3.63, 3.8) is 0 Å². The van der Waals surface area contributed by atoms with Gasteiger partial charge in [0.25, 0.3) is 0 Å². The van der Waals surface area contributed by atoms with E-state index in [1.165, 1.54) is 60.8 Å². The average molecular weight is 613 g/mol. The Morgan fingerprint density at radius 2 is 1.13 bits per heavy atom. The van der Waals surface area contributed by atoms with Gasteiger partial charge in [-0.1, -0.05) is 145 Å². The largest absolute Gasteiger partial charge is 0.494 e. The summed E-state index contributed by atoms with van der Waals surface area (Å²) in [7, 11) is -0.466. The second-order valence-electron chi connectivity index (χ2n) is 14.5. The molecule has 1 heterocycles. The van der Waals surface area contributed by atoms with Gasteiger partial charge in [-0.2, -0.15) is 0 Å². The first-order chi connectivity index (χ1) is 22.6. The van der Waals surface area contributed by atoms with Crippen LogP contribution in [0, 0.1) is 13.8 Å². The third-order valence-electron chi connectivity index (χ3n) is 11.1. The highest BCUT2D eigenvalue weighted by atomic mass is 16.7. The molecule has 0 bridgehead atoms. The molecular weight excluding hydrogens is 571 g/mol. The van der Waals surface area contributed by atoms with Gasteiger partial charge in [0.2, 0.25) is 0 Å². The predicted molar refractivity (Wildman–Crippen MR) is 195 cm³/mol. The molecule has 1 atom stereocenters. The fourth-order valence-corrected chi connectivity index (χ4v) is 7.90. The van der Waals surface area contributed by atoms with Gasteiger partial charge in [0.1, 0.15) is 0 Å². The Hall–Kier alpha value is -4.44. The zero-order valence-electron chi connectivity index (χ0n) is 28.2. The highest BCUT2D eigenvalue weighted by Gasteiger charge is 2.53. The van der Waals surface area contributed by atoms with Crippen molar-refractivity contribution in [1.82, 2.24) is 0 Å². The minimum Gasteiger partial charge on any atom is -0.399 e. The van der Waals surface area contributed by atoms with Crippen LogP contribution in [-0.4, -0.2) is 18.3 Å². The Balaban J connectivity index is 1.53. The summed E-state index contributed by atoms with van der Waals surface area (Å²) < 4.78 is 13.3. The topological polar surface area (TPSA) is 18.5 Å². The van der Waals surface area contributed by atoms with Gasteiger partial charge in [-0.25, -0.2) is 0 Å². The highest BCUT2D eigenvalue weighted by molar-refractivity contribution is 6.62. The van der Waals surface area contributed by atoms with Crippen LogP contribution in [0.1, 0.15) is 83.7 Å². The zero-order valence-corrected chi connectivity index (χ0v) is 28.2. The summed E-state index contributed by atoms with van der Waals surface area (Å²) in [6.07, 6.45) is 0. The molecule has 6 aromatic carbocycles. The molecule has 0 saturated carbocycles. The molecule has 47 heavy (non-hydrogen) atoms. The molecular formula is C44H41BO2. The Morgan fingerprint density at radius 3 is 1.74 bits per heavy atom. The van der Waals surface area contributed by atoms with Gasteiger partial charge in [0.05, 0.1) is 16.6 Å². The van der Waals surface area contributed by atoms with Crippen molar-refractivity contribution in [2.75, 3.05) is 0 Å². The molecule has 0 N–H and O–H groups in total. The van der Waals surface area contributed by atoms with E-state index in [1.54, 1.807) is 0 Å². The van der Waals surface area contributed by atoms with Crippen molar-refractivity contribution in [3.8, 4) is 0 Å². The first kappa shape index (κ1) is 29.9. The van der Waals surface area contributed by atoms with Crippen LogP contribution in [0.2, 0.25) is 0 Å². The van der Waals surface area contributed by atoms with Gasteiger partial charge in [-0.3, -0.25) is 0 Å². The van der Waals surface area contributed by atoms with Crippen molar-refractivity contribution < 1.29 is 9.31 Å². The Morgan fingerprint density at radius 1 is 0.553 bits per heavy atom. The van der Waals surface area contributed by atoms with Gasteiger partial charge in [-0.15, -0.1) is 0 Å². The maximum atomic E-state index is 6.67. The molecule has 6 aromatic rings. The normalized spacial score (nSPS) is 18.9. The predicted octanol–water partition coefficient (Wildman–Crippen LogP) is 9.63. The summed E-state index contributed by atoms with van der Waals surface area (Å²) in [6, 6.07) is 50.0. The van der Waals surface area contributed by atoms with Crippen molar-refractivity contribution in [2.45, 2.75) is 64.1 Å². The summed E-state index contributed by atoms with van der Waals surface area (Å²) >= 11 is 0. The lowest BCUT2D eigenvalue weighted by molar-refractivity contribution is 0.00578. The molecule has 1 aliphatic carbocycles. The molecule has 1 aliphatic heterocycles. The summed E-state index contributed by atoms with van der Waals surface area (Å²) in [6.45, 7) is 12.8. The molecule has 1 unspecified atom stereocenters. The van der Waals surface area contributed by atoms with Crippen LogP contribution in [0.5, 0.6) is 0 Å². The van der Waals surface area contributed by atoms with E-state index in [1.807, 2.05) is 0 Å². The number of aryl methyl sites for hydroxylation is 2. The lowest BCUT2D eigenvalue weighted by Crippen LogP contribution is -2.41. The smallest absolute Gasteiger partial charge is 0.399 e. The SMILES string of the molecule is Cc1ccc(C2(c3ccc(C)cc3)c3cc(B4OC(C)(C)C(C)(C)O4)ccc3C(c3ccccc3)c3c2ccc2ccccc32)cc1. The van der Waals surface area contributed by atoms with Crippen molar-refractivity contribution in [3.05, 3.63) is 184 Å². The fourth-order valence-electron chi connectivity index (χ4n) is 7.90. The first-order valence-electron chi connectivity index (χ1n) is 16.8. The molecule has 0 aromatic heterocycles.